The van der Waals surface area contributed by atoms with Crippen LogP contribution in [0.2, 0.25) is 5.02 Å². The minimum Gasteiger partial charge on any atom is -0.494 e. The first-order valence-corrected chi connectivity index (χ1v) is 12.0. The zero-order chi connectivity index (χ0) is 23.8. The molecule has 3 aromatic rings. The molecular weight excluding hydrogens is 462 g/mol. The van der Waals surface area contributed by atoms with Crippen LogP contribution in [0.25, 0.3) is 0 Å². The van der Waals surface area contributed by atoms with Gasteiger partial charge in [0.15, 0.2) is 0 Å². The van der Waals surface area contributed by atoms with Crippen LogP contribution < -0.4 is 14.5 Å². The van der Waals surface area contributed by atoms with Crippen LogP contribution in [0.5, 0.6) is 5.75 Å². The highest BCUT2D eigenvalue weighted by Gasteiger charge is 2.28. The van der Waals surface area contributed by atoms with Crippen LogP contribution in [0.15, 0.2) is 88.9 Å². The van der Waals surface area contributed by atoms with Gasteiger partial charge in [-0.05, 0) is 67.9 Å². The summed E-state index contributed by atoms with van der Waals surface area (Å²) in [5.41, 5.74) is 3.98. The number of sulfonamides is 1. The molecule has 9 heteroatoms. The van der Waals surface area contributed by atoms with Gasteiger partial charge in [0.1, 0.15) is 12.3 Å². The zero-order valence-corrected chi connectivity index (χ0v) is 19.8. The number of amides is 1. The van der Waals surface area contributed by atoms with Crippen LogP contribution in [0.3, 0.4) is 0 Å². The van der Waals surface area contributed by atoms with Gasteiger partial charge in [0.2, 0.25) is 0 Å². The molecule has 0 unspecified atom stereocenters. The van der Waals surface area contributed by atoms with Crippen LogP contribution in [-0.2, 0) is 14.8 Å². The summed E-state index contributed by atoms with van der Waals surface area (Å²) in [7, 11) is -4.05. The van der Waals surface area contributed by atoms with Crippen molar-refractivity contribution in [3.05, 3.63) is 89.4 Å². The highest BCUT2D eigenvalue weighted by Crippen LogP contribution is 2.30. The molecule has 0 aliphatic carbocycles. The summed E-state index contributed by atoms with van der Waals surface area (Å²) < 4.78 is 33.0. The molecule has 0 saturated heterocycles. The SMILES string of the molecule is CCOc1ccc(/C(C)=N\NC(=O)CN(c2ccccc2Cl)S(=O)(=O)c2ccccc2)cc1. The fourth-order valence-electron chi connectivity index (χ4n) is 3.01. The molecule has 0 saturated carbocycles. The third kappa shape index (κ3) is 6.12. The van der Waals surface area contributed by atoms with Crippen molar-refractivity contribution in [1.29, 1.82) is 0 Å². The Labute approximate surface area is 198 Å². The van der Waals surface area contributed by atoms with Gasteiger partial charge in [-0.25, -0.2) is 13.8 Å². The maximum Gasteiger partial charge on any atom is 0.264 e. The van der Waals surface area contributed by atoms with Crippen molar-refractivity contribution in [2.45, 2.75) is 18.7 Å². The summed E-state index contributed by atoms with van der Waals surface area (Å²) in [6, 6.07) is 21.6. The normalized spacial score (nSPS) is 11.7. The summed E-state index contributed by atoms with van der Waals surface area (Å²) in [5.74, 6) is 0.124. The van der Waals surface area contributed by atoms with Gasteiger partial charge in [0, 0.05) is 0 Å². The lowest BCUT2D eigenvalue weighted by atomic mass is 10.1. The summed E-state index contributed by atoms with van der Waals surface area (Å²) in [6.07, 6.45) is 0. The molecule has 3 aromatic carbocycles. The van der Waals surface area contributed by atoms with E-state index in [2.05, 4.69) is 10.5 Å². The molecule has 0 aliphatic rings. The molecule has 0 atom stereocenters. The van der Waals surface area contributed by atoms with Crippen LogP contribution in [0, 0.1) is 0 Å². The smallest absolute Gasteiger partial charge is 0.264 e. The number of halogens is 1. The molecule has 0 spiro atoms. The van der Waals surface area contributed by atoms with Crippen molar-refractivity contribution >= 4 is 38.9 Å². The molecule has 0 aliphatic heterocycles. The van der Waals surface area contributed by atoms with Crippen LogP contribution in [0.1, 0.15) is 19.4 Å². The topological polar surface area (TPSA) is 88.1 Å². The molecule has 0 radical (unpaired) electrons. The van der Waals surface area contributed by atoms with Gasteiger partial charge in [-0.15, -0.1) is 0 Å². The quantitative estimate of drug-likeness (QED) is 0.357. The van der Waals surface area contributed by atoms with Crippen molar-refractivity contribution in [2.75, 3.05) is 17.5 Å². The summed E-state index contributed by atoms with van der Waals surface area (Å²) >= 11 is 6.26. The number of para-hydroxylation sites is 1. The maximum absolute atomic E-state index is 13.3. The third-order valence-electron chi connectivity index (χ3n) is 4.67. The Kier molecular flexibility index (Phi) is 8.08. The minimum absolute atomic E-state index is 0.0480. The summed E-state index contributed by atoms with van der Waals surface area (Å²) in [5, 5.41) is 4.32. The first kappa shape index (κ1) is 24.3. The number of anilines is 1. The molecule has 0 aromatic heterocycles. The highest BCUT2D eigenvalue weighted by atomic mass is 35.5. The number of carbonyl (C=O) groups is 1. The Morgan fingerprint density at radius 3 is 2.27 bits per heavy atom. The lowest BCUT2D eigenvalue weighted by Crippen LogP contribution is -2.40. The van der Waals surface area contributed by atoms with Crippen molar-refractivity contribution in [3.63, 3.8) is 0 Å². The standard InChI is InChI=1S/C24H24ClN3O4S/c1-3-32-20-15-13-19(14-16-20)18(2)26-27-24(29)17-28(23-12-8-7-11-22(23)25)33(30,31)21-9-5-4-6-10-21/h4-16H,3,17H2,1-2H3,(H,27,29)/b26-18-. The van der Waals surface area contributed by atoms with Gasteiger partial charge in [-0.1, -0.05) is 41.9 Å². The first-order valence-electron chi connectivity index (χ1n) is 10.2. The lowest BCUT2D eigenvalue weighted by Gasteiger charge is -2.24. The predicted molar refractivity (Wildman–Crippen MR) is 130 cm³/mol. The van der Waals surface area contributed by atoms with E-state index < -0.39 is 22.5 Å². The molecule has 0 heterocycles. The van der Waals surface area contributed by atoms with Crippen LogP contribution in [-0.4, -0.2) is 33.2 Å². The third-order valence-corrected chi connectivity index (χ3v) is 6.76. The molecule has 1 N–H and O–H groups in total. The average molecular weight is 486 g/mol. The Balaban J connectivity index is 1.82. The molecular formula is C24H24ClN3O4S. The number of nitrogens with one attached hydrogen (secondary N) is 1. The number of hydrogen-bond donors (Lipinski definition) is 1. The van der Waals surface area contributed by atoms with Crippen molar-refractivity contribution in [2.24, 2.45) is 5.10 Å². The predicted octanol–water partition coefficient (Wildman–Crippen LogP) is 4.47. The second kappa shape index (κ2) is 11.0. The Bertz CT molecular complexity index is 1230. The van der Waals surface area contributed by atoms with E-state index in [1.807, 2.05) is 31.2 Å². The van der Waals surface area contributed by atoms with Crippen molar-refractivity contribution in [3.8, 4) is 5.75 Å². The van der Waals surface area contributed by atoms with E-state index in [9.17, 15) is 13.2 Å². The van der Waals surface area contributed by atoms with E-state index in [-0.39, 0.29) is 15.6 Å². The summed E-state index contributed by atoms with van der Waals surface area (Å²) in [6.45, 7) is 3.71. The molecule has 172 valence electrons. The van der Waals surface area contributed by atoms with Gasteiger partial charge in [-0.3, -0.25) is 9.10 Å². The molecule has 7 nitrogen and oxygen atoms in total. The monoisotopic (exact) mass is 485 g/mol. The van der Waals surface area contributed by atoms with E-state index in [1.165, 1.54) is 12.1 Å². The number of hydrogen-bond acceptors (Lipinski definition) is 5. The van der Waals surface area contributed by atoms with Crippen LogP contribution in [0.4, 0.5) is 5.69 Å². The molecule has 0 fully saturated rings. The molecule has 1 amide bonds. The lowest BCUT2D eigenvalue weighted by molar-refractivity contribution is -0.119. The van der Waals surface area contributed by atoms with Gasteiger partial charge < -0.3 is 4.74 Å². The Morgan fingerprint density at radius 2 is 1.64 bits per heavy atom. The van der Waals surface area contributed by atoms with E-state index in [0.717, 1.165) is 15.6 Å². The number of rotatable bonds is 9. The van der Waals surface area contributed by atoms with Crippen molar-refractivity contribution in [1.82, 2.24) is 5.43 Å². The molecule has 33 heavy (non-hydrogen) atoms. The van der Waals surface area contributed by atoms with E-state index in [4.69, 9.17) is 16.3 Å². The van der Waals surface area contributed by atoms with Gasteiger partial charge >= 0.3 is 0 Å². The molecule has 3 rings (SSSR count). The maximum atomic E-state index is 13.3. The van der Waals surface area contributed by atoms with Gasteiger partial charge in [-0.2, -0.15) is 5.10 Å². The summed E-state index contributed by atoms with van der Waals surface area (Å²) in [4.78, 5) is 12.8. The zero-order valence-electron chi connectivity index (χ0n) is 18.2. The van der Waals surface area contributed by atoms with Crippen molar-refractivity contribution < 1.29 is 17.9 Å². The number of nitrogens with zero attached hydrogens (tertiary/aromatic N) is 2. The fraction of sp³-hybridized carbons (Fsp3) is 0.167. The van der Waals surface area contributed by atoms with E-state index >= 15 is 0 Å². The second-order valence-corrected chi connectivity index (χ2v) is 9.24. The number of hydrazone groups is 1. The van der Waals surface area contributed by atoms with E-state index in [0.29, 0.717) is 12.3 Å². The number of ether oxygens (including phenoxy) is 1. The molecule has 0 bridgehead atoms. The average Bonchev–Trinajstić information content (AvgIpc) is 2.83. The Morgan fingerprint density at radius 1 is 1.00 bits per heavy atom. The minimum atomic E-state index is -4.05. The van der Waals surface area contributed by atoms with Gasteiger partial charge in [0.05, 0.1) is 27.9 Å². The number of carbonyl (C=O) groups excluding carboxylic acids is 1. The number of benzene rings is 3. The van der Waals surface area contributed by atoms with E-state index in [1.54, 1.807) is 49.4 Å². The van der Waals surface area contributed by atoms with Gasteiger partial charge in [0.25, 0.3) is 15.9 Å². The Hall–Kier alpha value is -3.36. The second-order valence-electron chi connectivity index (χ2n) is 6.97. The fourth-order valence-corrected chi connectivity index (χ4v) is 4.76. The first-order chi connectivity index (χ1) is 15.8. The highest BCUT2D eigenvalue weighted by molar-refractivity contribution is 7.92. The largest absolute Gasteiger partial charge is 0.494 e. The van der Waals surface area contributed by atoms with Crippen LogP contribution >= 0.6 is 11.6 Å².